The van der Waals surface area contributed by atoms with E-state index >= 15 is 0 Å². The Bertz CT molecular complexity index is 1330. The maximum Gasteiger partial charge on any atom is 0.293 e. The Labute approximate surface area is 239 Å². The fourth-order valence-corrected chi connectivity index (χ4v) is 5.60. The standard InChI is InChI=1S/C31H38F2N4O4/c1-21-14-34-15-23(21)17-37(28(40)19-38)29(31(2,3)11-12-41-20-39)30-35-27(25-13-24(32)9-10-26(25)33)18-36(30)16-22-7-5-4-6-8-22/h4-10,13,18,20-21,23,29,34,38H,11-12,14-17,19H2,1-3H3/t21-,23-,29-/m0/s1. The van der Waals surface area contributed by atoms with Crippen molar-refractivity contribution >= 4 is 12.4 Å². The van der Waals surface area contributed by atoms with Crippen molar-refractivity contribution in [1.29, 1.82) is 0 Å². The zero-order valence-corrected chi connectivity index (χ0v) is 23.7. The second-order valence-corrected chi connectivity index (χ2v) is 11.4. The number of carbonyl (C=O) groups is 2. The number of amides is 1. The van der Waals surface area contributed by atoms with E-state index in [2.05, 4.69) is 12.2 Å². The van der Waals surface area contributed by atoms with E-state index in [1.54, 1.807) is 11.1 Å². The van der Waals surface area contributed by atoms with Crippen LogP contribution in [0.5, 0.6) is 0 Å². The van der Waals surface area contributed by atoms with Crippen LogP contribution in [0.15, 0.2) is 54.7 Å². The molecule has 3 aromatic rings. The molecule has 1 saturated heterocycles. The van der Waals surface area contributed by atoms with Gasteiger partial charge in [0.2, 0.25) is 5.91 Å². The molecule has 1 aliphatic rings. The molecule has 2 N–H and O–H groups in total. The first-order chi connectivity index (χ1) is 19.6. The van der Waals surface area contributed by atoms with E-state index in [1.165, 1.54) is 0 Å². The lowest BCUT2D eigenvalue weighted by Gasteiger charge is -2.43. The minimum atomic E-state index is -0.708. The zero-order valence-electron chi connectivity index (χ0n) is 23.7. The Morgan fingerprint density at radius 3 is 2.66 bits per heavy atom. The van der Waals surface area contributed by atoms with Crippen LogP contribution in [0.2, 0.25) is 0 Å². The molecule has 0 saturated carbocycles. The topological polar surface area (TPSA) is 96.7 Å². The molecule has 8 nitrogen and oxygen atoms in total. The van der Waals surface area contributed by atoms with Gasteiger partial charge in [-0.2, -0.15) is 0 Å². The normalized spacial score (nSPS) is 17.8. The highest BCUT2D eigenvalue weighted by molar-refractivity contribution is 5.78. The number of imidazole rings is 1. The summed E-state index contributed by atoms with van der Waals surface area (Å²) < 4.78 is 36.1. The lowest BCUT2D eigenvalue weighted by atomic mass is 9.79. The monoisotopic (exact) mass is 568 g/mol. The molecule has 2 aromatic carbocycles. The number of benzene rings is 2. The second kappa shape index (κ2) is 13.4. The number of carbonyl (C=O) groups excluding carboxylic acids is 2. The van der Waals surface area contributed by atoms with Gasteiger partial charge in [0, 0.05) is 24.8 Å². The highest BCUT2D eigenvalue weighted by Crippen LogP contribution is 2.43. The van der Waals surface area contributed by atoms with Crippen LogP contribution >= 0.6 is 0 Å². The van der Waals surface area contributed by atoms with Crippen LogP contribution in [0.4, 0.5) is 8.78 Å². The molecule has 1 amide bonds. The average molecular weight is 569 g/mol. The quantitative estimate of drug-likeness (QED) is 0.237. The third-order valence-corrected chi connectivity index (χ3v) is 8.00. The third kappa shape index (κ3) is 7.18. The minimum absolute atomic E-state index is 0.00700. The molecule has 0 bridgehead atoms. The maximum atomic E-state index is 14.9. The Kier molecular flexibility index (Phi) is 9.88. The molecule has 0 aliphatic carbocycles. The molecule has 10 heteroatoms. The Hall–Kier alpha value is -3.63. The molecule has 0 unspecified atom stereocenters. The van der Waals surface area contributed by atoms with Crippen molar-refractivity contribution in [1.82, 2.24) is 19.8 Å². The van der Waals surface area contributed by atoms with Gasteiger partial charge in [0.1, 0.15) is 24.1 Å². The number of aromatic nitrogens is 2. The van der Waals surface area contributed by atoms with Gasteiger partial charge in [0.15, 0.2) is 0 Å². The molecular formula is C31H38F2N4O4. The molecule has 3 atom stereocenters. The summed E-state index contributed by atoms with van der Waals surface area (Å²) in [4.78, 5) is 30.9. The highest BCUT2D eigenvalue weighted by atomic mass is 19.1. The van der Waals surface area contributed by atoms with Crippen molar-refractivity contribution in [2.75, 3.05) is 32.8 Å². The van der Waals surface area contributed by atoms with Gasteiger partial charge in [-0.25, -0.2) is 13.8 Å². The van der Waals surface area contributed by atoms with Gasteiger partial charge < -0.3 is 24.6 Å². The molecule has 1 fully saturated rings. The molecule has 1 aromatic heterocycles. The van der Waals surface area contributed by atoms with Crippen molar-refractivity contribution in [3.63, 3.8) is 0 Å². The molecule has 0 spiro atoms. The maximum absolute atomic E-state index is 14.9. The lowest BCUT2D eigenvalue weighted by molar-refractivity contribution is -0.142. The van der Waals surface area contributed by atoms with Gasteiger partial charge >= 0.3 is 0 Å². The van der Waals surface area contributed by atoms with Crippen LogP contribution in [0.1, 0.15) is 44.6 Å². The summed E-state index contributed by atoms with van der Waals surface area (Å²) in [6.45, 7) is 8.07. The third-order valence-electron chi connectivity index (χ3n) is 8.00. The van der Waals surface area contributed by atoms with Gasteiger partial charge in [-0.05, 0) is 60.5 Å². The number of halogens is 2. The first-order valence-corrected chi connectivity index (χ1v) is 13.9. The molecule has 4 rings (SSSR count). The van der Waals surface area contributed by atoms with Crippen LogP contribution in [0, 0.1) is 28.9 Å². The molecule has 41 heavy (non-hydrogen) atoms. The molecule has 0 radical (unpaired) electrons. The van der Waals surface area contributed by atoms with Crippen molar-refractivity contribution in [3.05, 3.63) is 77.8 Å². The SMILES string of the molecule is C[C@H]1CNC[C@H]1CN(C(=O)CO)[C@@H](c1nc(-c2cc(F)ccc2F)cn1Cc1ccccc1)C(C)(C)CCOC=O. The van der Waals surface area contributed by atoms with Crippen molar-refractivity contribution in [2.24, 2.45) is 17.3 Å². The van der Waals surface area contributed by atoms with E-state index in [-0.39, 0.29) is 23.8 Å². The summed E-state index contributed by atoms with van der Waals surface area (Å²) in [6.07, 6.45) is 2.05. The summed E-state index contributed by atoms with van der Waals surface area (Å²) >= 11 is 0. The smallest absolute Gasteiger partial charge is 0.293 e. The van der Waals surface area contributed by atoms with E-state index in [4.69, 9.17) is 9.72 Å². The van der Waals surface area contributed by atoms with Crippen LogP contribution in [0.25, 0.3) is 11.3 Å². The number of nitrogens with zero attached hydrogens (tertiary/aromatic N) is 3. The number of aliphatic hydroxyl groups is 1. The van der Waals surface area contributed by atoms with E-state index < -0.39 is 35.6 Å². The van der Waals surface area contributed by atoms with Gasteiger partial charge in [-0.1, -0.05) is 51.1 Å². The van der Waals surface area contributed by atoms with Crippen LogP contribution in [-0.2, 0) is 20.9 Å². The Morgan fingerprint density at radius 2 is 2.00 bits per heavy atom. The van der Waals surface area contributed by atoms with Gasteiger partial charge in [0.05, 0.1) is 18.3 Å². The number of ether oxygens (including phenoxy) is 1. The predicted molar refractivity (Wildman–Crippen MR) is 151 cm³/mol. The first-order valence-electron chi connectivity index (χ1n) is 13.9. The second-order valence-electron chi connectivity index (χ2n) is 11.4. The summed E-state index contributed by atoms with van der Waals surface area (Å²) in [5.41, 5.74) is 0.477. The van der Waals surface area contributed by atoms with Crippen LogP contribution < -0.4 is 5.32 Å². The summed E-state index contributed by atoms with van der Waals surface area (Å²) in [5.74, 6) is -0.787. The van der Waals surface area contributed by atoms with Crippen molar-refractivity contribution in [3.8, 4) is 11.3 Å². The fraction of sp³-hybridized carbons (Fsp3) is 0.452. The van der Waals surface area contributed by atoms with E-state index in [0.29, 0.717) is 37.7 Å². The predicted octanol–water partition coefficient (Wildman–Crippen LogP) is 4.18. The summed E-state index contributed by atoms with van der Waals surface area (Å²) in [6, 6.07) is 12.2. The Balaban J connectivity index is 1.90. The number of hydrogen-bond acceptors (Lipinski definition) is 6. The van der Waals surface area contributed by atoms with Crippen molar-refractivity contribution in [2.45, 2.75) is 39.8 Å². The van der Waals surface area contributed by atoms with Gasteiger partial charge in [-0.3, -0.25) is 9.59 Å². The summed E-state index contributed by atoms with van der Waals surface area (Å²) in [7, 11) is 0. The number of aliphatic hydroxyl groups excluding tert-OH is 1. The number of rotatable bonds is 13. The largest absolute Gasteiger partial charge is 0.468 e. The first kappa shape index (κ1) is 30.3. The van der Waals surface area contributed by atoms with E-state index in [9.17, 15) is 23.5 Å². The summed E-state index contributed by atoms with van der Waals surface area (Å²) in [5, 5.41) is 13.4. The van der Waals surface area contributed by atoms with Crippen LogP contribution in [0.3, 0.4) is 0 Å². The lowest BCUT2D eigenvalue weighted by Crippen LogP contribution is -2.47. The minimum Gasteiger partial charge on any atom is -0.468 e. The number of hydrogen-bond donors (Lipinski definition) is 2. The van der Waals surface area contributed by atoms with E-state index in [1.807, 2.05) is 48.7 Å². The molecular weight excluding hydrogens is 530 g/mol. The fourth-order valence-electron chi connectivity index (χ4n) is 5.60. The zero-order chi connectivity index (χ0) is 29.6. The van der Waals surface area contributed by atoms with Crippen molar-refractivity contribution < 1.29 is 28.2 Å². The van der Waals surface area contributed by atoms with E-state index in [0.717, 1.165) is 36.9 Å². The average Bonchev–Trinajstić information content (AvgIpc) is 3.55. The van der Waals surface area contributed by atoms with Crippen LogP contribution in [-0.4, -0.2) is 64.8 Å². The van der Waals surface area contributed by atoms with Gasteiger partial charge in [0.25, 0.3) is 6.47 Å². The number of nitrogens with one attached hydrogen (secondary N) is 1. The molecule has 220 valence electrons. The van der Waals surface area contributed by atoms with Gasteiger partial charge in [-0.15, -0.1) is 0 Å². The molecule has 1 aliphatic heterocycles. The molecule has 2 heterocycles. The Morgan fingerprint density at radius 1 is 1.24 bits per heavy atom. The highest BCUT2D eigenvalue weighted by Gasteiger charge is 2.42.